The molecule has 1 amide bonds. The first-order valence-electron chi connectivity index (χ1n) is 7.22. The highest BCUT2D eigenvalue weighted by Gasteiger charge is 2.20. The van der Waals surface area contributed by atoms with Crippen LogP contribution in [0, 0.1) is 0 Å². The van der Waals surface area contributed by atoms with Gasteiger partial charge >= 0.3 is 0 Å². The van der Waals surface area contributed by atoms with Gasteiger partial charge in [0.25, 0.3) is 5.91 Å². The summed E-state index contributed by atoms with van der Waals surface area (Å²) in [6, 6.07) is 8.51. The van der Waals surface area contributed by atoms with Gasteiger partial charge in [-0.05, 0) is 49.3 Å². The predicted octanol–water partition coefficient (Wildman–Crippen LogP) is 3.23. The van der Waals surface area contributed by atoms with Gasteiger partial charge in [-0.15, -0.1) is 12.4 Å². The summed E-state index contributed by atoms with van der Waals surface area (Å²) in [6.45, 7) is 4.31. The first-order chi connectivity index (χ1) is 9.06. The molecule has 3 N–H and O–H groups in total. The Morgan fingerprint density at radius 3 is 2.20 bits per heavy atom. The van der Waals surface area contributed by atoms with Crippen LogP contribution in [-0.2, 0) is 0 Å². The van der Waals surface area contributed by atoms with Crippen LogP contribution in [0.1, 0.15) is 61.4 Å². The van der Waals surface area contributed by atoms with Crippen molar-refractivity contribution in [1.82, 2.24) is 5.32 Å². The minimum atomic E-state index is 0. The third-order valence-electron chi connectivity index (χ3n) is 3.95. The van der Waals surface area contributed by atoms with E-state index in [1.807, 2.05) is 24.3 Å². The number of benzene rings is 1. The van der Waals surface area contributed by atoms with Crippen LogP contribution in [0.25, 0.3) is 0 Å². The van der Waals surface area contributed by atoms with Crippen molar-refractivity contribution in [3.63, 3.8) is 0 Å². The molecule has 1 saturated carbocycles. The van der Waals surface area contributed by atoms with Crippen LogP contribution in [0.15, 0.2) is 24.3 Å². The first-order valence-corrected chi connectivity index (χ1v) is 7.22. The molecule has 4 heteroatoms. The molecule has 0 radical (unpaired) electrons. The monoisotopic (exact) mass is 296 g/mol. The lowest BCUT2D eigenvalue weighted by atomic mass is 9.91. The number of rotatable bonds is 3. The molecule has 3 nitrogen and oxygen atoms in total. The molecular formula is C16H25ClN2O. The summed E-state index contributed by atoms with van der Waals surface area (Å²) in [6.07, 6.45) is 4.02. The van der Waals surface area contributed by atoms with E-state index in [0.717, 1.165) is 31.2 Å². The zero-order valence-electron chi connectivity index (χ0n) is 12.3. The van der Waals surface area contributed by atoms with Crippen LogP contribution in [0.4, 0.5) is 0 Å². The van der Waals surface area contributed by atoms with Crippen molar-refractivity contribution in [2.75, 3.05) is 0 Å². The Labute approximate surface area is 127 Å². The molecule has 0 aliphatic heterocycles. The van der Waals surface area contributed by atoms with Crippen molar-refractivity contribution >= 4 is 18.3 Å². The minimum absolute atomic E-state index is 0. The zero-order valence-corrected chi connectivity index (χ0v) is 13.1. The average molecular weight is 297 g/mol. The van der Waals surface area contributed by atoms with Crippen molar-refractivity contribution < 1.29 is 4.79 Å². The Morgan fingerprint density at radius 2 is 1.70 bits per heavy atom. The Kier molecular flexibility index (Phi) is 6.50. The fourth-order valence-electron chi connectivity index (χ4n) is 2.55. The van der Waals surface area contributed by atoms with Gasteiger partial charge < -0.3 is 11.1 Å². The maximum absolute atomic E-state index is 12.1. The number of nitrogens with one attached hydrogen (secondary N) is 1. The SMILES string of the molecule is CC(C)c1ccc(C(=O)NC2CCC(N)CC2)cc1.Cl. The summed E-state index contributed by atoms with van der Waals surface area (Å²) >= 11 is 0. The van der Waals surface area contributed by atoms with E-state index in [4.69, 9.17) is 5.73 Å². The van der Waals surface area contributed by atoms with Gasteiger partial charge in [-0.3, -0.25) is 4.79 Å². The smallest absolute Gasteiger partial charge is 0.251 e. The van der Waals surface area contributed by atoms with Crippen molar-refractivity contribution in [2.24, 2.45) is 5.73 Å². The van der Waals surface area contributed by atoms with E-state index in [1.165, 1.54) is 5.56 Å². The number of hydrogen-bond acceptors (Lipinski definition) is 2. The van der Waals surface area contributed by atoms with E-state index in [0.29, 0.717) is 12.0 Å². The Morgan fingerprint density at radius 1 is 1.15 bits per heavy atom. The minimum Gasteiger partial charge on any atom is -0.349 e. The van der Waals surface area contributed by atoms with Crippen molar-refractivity contribution in [2.45, 2.75) is 57.5 Å². The Bertz CT molecular complexity index is 423. The summed E-state index contributed by atoms with van der Waals surface area (Å²) in [7, 11) is 0. The van der Waals surface area contributed by atoms with Crippen LogP contribution in [-0.4, -0.2) is 18.0 Å². The second-order valence-electron chi connectivity index (χ2n) is 5.86. The standard InChI is InChI=1S/C16H24N2O.ClH/c1-11(2)12-3-5-13(6-4-12)16(19)18-15-9-7-14(17)8-10-15;/h3-6,11,14-15H,7-10,17H2,1-2H3,(H,18,19);1H. The van der Waals surface area contributed by atoms with Gasteiger partial charge in [0, 0.05) is 17.6 Å². The largest absolute Gasteiger partial charge is 0.349 e. The van der Waals surface area contributed by atoms with Crippen molar-refractivity contribution in [3.8, 4) is 0 Å². The lowest BCUT2D eigenvalue weighted by Gasteiger charge is -2.26. The maximum Gasteiger partial charge on any atom is 0.251 e. The topological polar surface area (TPSA) is 55.1 Å². The molecule has 1 aliphatic rings. The molecule has 0 atom stereocenters. The summed E-state index contributed by atoms with van der Waals surface area (Å²) < 4.78 is 0. The third-order valence-corrected chi connectivity index (χ3v) is 3.95. The number of carbonyl (C=O) groups is 1. The van der Waals surface area contributed by atoms with E-state index >= 15 is 0 Å². The van der Waals surface area contributed by atoms with Gasteiger partial charge in [0.2, 0.25) is 0 Å². The lowest BCUT2D eigenvalue weighted by Crippen LogP contribution is -2.40. The van der Waals surface area contributed by atoms with E-state index in [9.17, 15) is 4.79 Å². The van der Waals surface area contributed by atoms with Gasteiger partial charge in [0.15, 0.2) is 0 Å². The molecule has 2 rings (SSSR count). The number of carbonyl (C=O) groups excluding carboxylic acids is 1. The predicted molar refractivity (Wildman–Crippen MR) is 85.5 cm³/mol. The lowest BCUT2D eigenvalue weighted by molar-refractivity contribution is 0.0926. The van der Waals surface area contributed by atoms with Gasteiger partial charge in [0.1, 0.15) is 0 Å². The van der Waals surface area contributed by atoms with Crippen molar-refractivity contribution in [1.29, 1.82) is 0 Å². The Hall–Kier alpha value is -1.06. The van der Waals surface area contributed by atoms with Gasteiger partial charge in [-0.25, -0.2) is 0 Å². The van der Waals surface area contributed by atoms with Crippen LogP contribution in [0.2, 0.25) is 0 Å². The van der Waals surface area contributed by atoms with Gasteiger partial charge in [0.05, 0.1) is 0 Å². The molecule has 0 saturated heterocycles. The van der Waals surface area contributed by atoms with Crippen LogP contribution in [0.5, 0.6) is 0 Å². The quantitative estimate of drug-likeness (QED) is 0.900. The van der Waals surface area contributed by atoms with Crippen LogP contribution < -0.4 is 11.1 Å². The molecule has 1 aromatic rings. The summed E-state index contributed by atoms with van der Waals surface area (Å²) in [5, 5.41) is 3.11. The number of hydrogen-bond donors (Lipinski definition) is 2. The van der Waals surface area contributed by atoms with E-state index in [2.05, 4.69) is 19.2 Å². The third kappa shape index (κ3) is 4.50. The maximum atomic E-state index is 12.1. The molecule has 1 aliphatic carbocycles. The first kappa shape index (κ1) is 17.0. The molecular weight excluding hydrogens is 272 g/mol. The van der Waals surface area contributed by atoms with Crippen LogP contribution >= 0.6 is 12.4 Å². The van der Waals surface area contributed by atoms with E-state index < -0.39 is 0 Å². The Balaban J connectivity index is 0.00000200. The molecule has 0 spiro atoms. The van der Waals surface area contributed by atoms with Crippen molar-refractivity contribution in [3.05, 3.63) is 35.4 Å². The zero-order chi connectivity index (χ0) is 13.8. The van der Waals surface area contributed by atoms with E-state index in [1.54, 1.807) is 0 Å². The highest BCUT2D eigenvalue weighted by atomic mass is 35.5. The highest BCUT2D eigenvalue weighted by Crippen LogP contribution is 2.18. The molecule has 1 aromatic carbocycles. The second-order valence-corrected chi connectivity index (χ2v) is 5.86. The molecule has 0 heterocycles. The summed E-state index contributed by atoms with van der Waals surface area (Å²) in [4.78, 5) is 12.1. The molecule has 0 unspecified atom stereocenters. The molecule has 0 aromatic heterocycles. The molecule has 1 fully saturated rings. The van der Waals surface area contributed by atoms with Gasteiger partial charge in [-0.2, -0.15) is 0 Å². The second kappa shape index (κ2) is 7.65. The summed E-state index contributed by atoms with van der Waals surface area (Å²) in [5.74, 6) is 0.535. The molecule has 0 bridgehead atoms. The number of halogens is 1. The average Bonchev–Trinajstić information content (AvgIpc) is 2.41. The normalized spacial score (nSPS) is 22.2. The highest BCUT2D eigenvalue weighted by molar-refractivity contribution is 5.94. The number of nitrogens with two attached hydrogens (primary N) is 1. The summed E-state index contributed by atoms with van der Waals surface area (Å²) in [5.41, 5.74) is 7.88. The van der Waals surface area contributed by atoms with Gasteiger partial charge in [-0.1, -0.05) is 26.0 Å². The fourth-order valence-corrected chi connectivity index (χ4v) is 2.55. The van der Waals surface area contributed by atoms with Crippen LogP contribution in [0.3, 0.4) is 0 Å². The fraction of sp³-hybridized carbons (Fsp3) is 0.562. The molecule has 20 heavy (non-hydrogen) atoms. The molecule has 112 valence electrons. The van der Waals surface area contributed by atoms with E-state index in [-0.39, 0.29) is 24.4 Å². The number of amides is 1.